The molecule has 0 heterocycles. The van der Waals surface area contributed by atoms with Crippen LogP contribution in [-0.4, -0.2) is 37.2 Å². The van der Waals surface area contributed by atoms with Crippen molar-refractivity contribution in [3.05, 3.63) is 48.6 Å². The molecule has 0 aromatic rings. The standard InChI is InChI=1S/C67H122O6/c1-4-7-10-13-16-19-22-25-28-31-34-37-39-42-45-48-51-54-57-60-66(69)72-63-64(73-67(70)61-58-55-52-49-46-43-40-36-33-30-27-24-21-18-15-12-9-6-3)62-71-65(68)59-56-53-50-47-44-41-38-35-32-29-26-23-20-17-14-11-8-5-2/h7,10,16,19,25,28,34,37,64H,4-6,8-9,11-15,17-18,20-24,26-27,29-33,35-36,38-63H2,1-3H3/b10-7-,19-16-,28-25-,37-34-. The molecule has 6 nitrogen and oxygen atoms in total. The summed E-state index contributed by atoms with van der Waals surface area (Å²) in [5, 5.41) is 0. The van der Waals surface area contributed by atoms with Gasteiger partial charge in [0.1, 0.15) is 13.2 Å². The van der Waals surface area contributed by atoms with Crippen LogP contribution in [0, 0.1) is 0 Å². The van der Waals surface area contributed by atoms with Gasteiger partial charge in [-0.15, -0.1) is 0 Å². The smallest absolute Gasteiger partial charge is 0.306 e. The SMILES string of the molecule is CC/C=C\C/C=C\C/C=C\C/C=C\CCCCCCCCC(=O)OCC(COC(=O)CCCCCCCCCCCCCCCCCCCC)OC(=O)CCCCCCCCCCCCCCCCCCCC. The van der Waals surface area contributed by atoms with Crippen LogP contribution < -0.4 is 0 Å². The van der Waals surface area contributed by atoms with Gasteiger partial charge in [0, 0.05) is 19.3 Å². The van der Waals surface area contributed by atoms with Crippen LogP contribution in [0.2, 0.25) is 0 Å². The second-order valence-electron chi connectivity index (χ2n) is 21.7. The van der Waals surface area contributed by atoms with Crippen LogP contribution in [0.5, 0.6) is 0 Å². The van der Waals surface area contributed by atoms with Crippen LogP contribution in [0.4, 0.5) is 0 Å². The van der Waals surface area contributed by atoms with Crippen LogP contribution in [-0.2, 0) is 28.6 Å². The van der Waals surface area contributed by atoms with E-state index in [1.54, 1.807) is 0 Å². The van der Waals surface area contributed by atoms with E-state index in [1.807, 2.05) is 0 Å². The fourth-order valence-corrected chi connectivity index (χ4v) is 9.56. The molecule has 0 aliphatic carbocycles. The number of allylic oxidation sites excluding steroid dienone is 8. The Balaban J connectivity index is 4.35. The second kappa shape index (κ2) is 61.9. The van der Waals surface area contributed by atoms with Crippen molar-refractivity contribution >= 4 is 17.9 Å². The van der Waals surface area contributed by atoms with Gasteiger partial charge < -0.3 is 14.2 Å². The van der Waals surface area contributed by atoms with Gasteiger partial charge in [0.25, 0.3) is 0 Å². The van der Waals surface area contributed by atoms with Crippen LogP contribution in [0.1, 0.15) is 342 Å². The number of carbonyl (C=O) groups excluding carboxylic acids is 3. The summed E-state index contributed by atoms with van der Waals surface area (Å²) < 4.78 is 17.0. The van der Waals surface area contributed by atoms with E-state index in [0.717, 1.165) is 89.9 Å². The molecule has 0 rings (SSSR count). The quantitative estimate of drug-likeness (QED) is 0.0261. The van der Waals surface area contributed by atoms with Crippen molar-refractivity contribution in [2.24, 2.45) is 0 Å². The lowest BCUT2D eigenvalue weighted by molar-refractivity contribution is -0.167. The second-order valence-corrected chi connectivity index (χ2v) is 21.7. The minimum atomic E-state index is -0.776. The Morgan fingerprint density at radius 3 is 0.836 bits per heavy atom. The number of hydrogen-bond acceptors (Lipinski definition) is 6. The van der Waals surface area contributed by atoms with E-state index >= 15 is 0 Å². The fourth-order valence-electron chi connectivity index (χ4n) is 9.56. The van der Waals surface area contributed by atoms with Crippen molar-refractivity contribution in [2.75, 3.05) is 13.2 Å². The first-order valence-electron chi connectivity index (χ1n) is 32.1. The Morgan fingerprint density at radius 1 is 0.288 bits per heavy atom. The molecule has 1 unspecified atom stereocenters. The van der Waals surface area contributed by atoms with Crippen LogP contribution in [0.3, 0.4) is 0 Å². The van der Waals surface area contributed by atoms with Gasteiger partial charge in [0.15, 0.2) is 6.10 Å². The number of ether oxygens (including phenoxy) is 3. The zero-order valence-corrected chi connectivity index (χ0v) is 48.9. The number of unbranched alkanes of at least 4 members (excludes halogenated alkanes) is 40. The summed E-state index contributed by atoms with van der Waals surface area (Å²) >= 11 is 0. The van der Waals surface area contributed by atoms with Gasteiger partial charge in [-0.1, -0.05) is 313 Å². The lowest BCUT2D eigenvalue weighted by Crippen LogP contribution is -2.30. The van der Waals surface area contributed by atoms with E-state index in [0.29, 0.717) is 19.3 Å². The maximum Gasteiger partial charge on any atom is 0.306 e. The molecule has 0 saturated heterocycles. The molecule has 0 spiro atoms. The molecule has 0 N–H and O–H groups in total. The topological polar surface area (TPSA) is 78.9 Å². The van der Waals surface area contributed by atoms with Gasteiger partial charge in [-0.25, -0.2) is 0 Å². The van der Waals surface area contributed by atoms with Crippen molar-refractivity contribution in [3.8, 4) is 0 Å². The van der Waals surface area contributed by atoms with Crippen LogP contribution in [0.15, 0.2) is 48.6 Å². The minimum Gasteiger partial charge on any atom is -0.462 e. The first-order chi connectivity index (χ1) is 36.0. The van der Waals surface area contributed by atoms with E-state index < -0.39 is 6.10 Å². The predicted molar refractivity (Wildman–Crippen MR) is 316 cm³/mol. The maximum absolute atomic E-state index is 12.9. The molecule has 0 aromatic heterocycles. The van der Waals surface area contributed by atoms with Crippen molar-refractivity contribution in [1.82, 2.24) is 0 Å². The Hall–Kier alpha value is -2.63. The van der Waals surface area contributed by atoms with Gasteiger partial charge in [-0.3, -0.25) is 14.4 Å². The Kier molecular flexibility index (Phi) is 59.7. The first kappa shape index (κ1) is 70.4. The van der Waals surface area contributed by atoms with E-state index in [9.17, 15) is 14.4 Å². The zero-order chi connectivity index (χ0) is 52.9. The molecule has 0 aliphatic rings. The largest absolute Gasteiger partial charge is 0.462 e. The summed E-state index contributed by atoms with van der Waals surface area (Å²) in [5.74, 6) is -0.862. The van der Waals surface area contributed by atoms with Crippen LogP contribution in [0.25, 0.3) is 0 Å². The summed E-state index contributed by atoms with van der Waals surface area (Å²) in [6, 6.07) is 0. The molecular weight excluding hydrogens is 901 g/mol. The van der Waals surface area contributed by atoms with Gasteiger partial charge >= 0.3 is 17.9 Å². The van der Waals surface area contributed by atoms with Crippen molar-refractivity contribution in [3.63, 3.8) is 0 Å². The third kappa shape index (κ3) is 60.1. The molecule has 0 fully saturated rings. The van der Waals surface area contributed by atoms with Crippen LogP contribution >= 0.6 is 0 Å². The molecule has 0 aromatic carbocycles. The Morgan fingerprint density at radius 2 is 0.534 bits per heavy atom. The normalized spacial score (nSPS) is 12.3. The molecule has 0 bridgehead atoms. The monoisotopic (exact) mass is 1020 g/mol. The molecule has 0 aliphatic heterocycles. The lowest BCUT2D eigenvalue weighted by atomic mass is 10.0. The van der Waals surface area contributed by atoms with E-state index in [2.05, 4.69) is 69.4 Å². The highest BCUT2D eigenvalue weighted by atomic mass is 16.6. The molecule has 0 saturated carbocycles. The summed E-state index contributed by atoms with van der Waals surface area (Å²) in [5.41, 5.74) is 0. The predicted octanol–water partition coefficient (Wildman–Crippen LogP) is 21.8. The summed E-state index contributed by atoms with van der Waals surface area (Å²) in [4.78, 5) is 38.3. The van der Waals surface area contributed by atoms with E-state index in [-0.39, 0.29) is 31.1 Å². The molecular formula is C67H122O6. The summed E-state index contributed by atoms with van der Waals surface area (Å²) in [6.07, 6.45) is 76.8. The number of rotatable bonds is 59. The van der Waals surface area contributed by atoms with Gasteiger partial charge in [0.05, 0.1) is 0 Å². The van der Waals surface area contributed by atoms with Crippen molar-refractivity contribution in [2.45, 2.75) is 348 Å². The lowest BCUT2D eigenvalue weighted by Gasteiger charge is -2.18. The molecule has 1 atom stereocenters. The highest BCUT2D eigenvalue weighted by Crippen LogP contribution is 2.18. The molecule has 426 valence electrons. The zero-order valence-electron chi connectivity index (χ0n) is 48.9. The van der Waals surface area contributed by atoms with E-state index in [4.69, 9.17) is 14.2 Å². The third-order valence-corrected chi connectivity index (χ3v) is 14.3. The highest BCUT2D eigenvalue weighted by Gasteiger charge is 2.19. The number of carbonyl (C=O) groups is 3. The Labute approximate surface area is 454 Å². The van der Waals surface area contributed by atoms with Gasteiger partial charge in [0.2, 0.25) is 0 Å². The van der Waals surface area contributed by atoms with Crippen molar-refractivity contribution in [1.29, 1.82) is 0 Å². The molecule has 0 amide bonds. The molecule has 0 radical (unpaired) electrons. The average Bonchev–Trinajstić information content (AvgIpc) is 3.39. The fraction of sp³-hybridized carbons (Fsp3) is 0.836. The molecule has 6 heteroatoms. The number of esters is 3. The third-order valence-electron chi connectivity index (χ3n) is 14.3. The maximum atomic E-state index is 12.9. The average molecular weight is 1020 g/mol. The van der Waals surface area contributed by atoms with E-state index in [1.165, 1.54) is 212 Å². The highest BCUT2D eigenvalue weighted by molar-refractivity contribution is 5.71. The summed E-state index contributed by atoms with van der Waals surface area (Å²) in [6.45, 7) is 6.58. The summed E-state index contributed by atoms with van der Waals surface area (Å²) in [7, 11) is 0. The molecule has 73 heavy (non-hydrogen) atoms. The Bertz CT molecular complexity index is 1270. The van der Waals surface area contributed by atoms with Gasteiger partial charge in [-0.05, 0) is 57.8 Å². The van der Waals surface area contributed by atoms with Crippen molar-refractivity contribution < 1.29 is 28.6 Å². The minimum absolute atomic E-state index is 0.0725. The number of hydrogen-bond donors (Lipinski definition) is 0. The van der Waals surface area contributed by atoms with Gasteiger partial charge in [-0.2, -0.15) is 0 Å². The first-order valence-corrected chi connectivity index (χ1v) is 32.1.